The van der Waals surface area contributed by atoms with E-state index in [2.05, 4.69) is 32.2 Å². The SMILES string of the molecule is CCCNc1nc2cc(OC)c(Cl)cc2cc1C(C)C. The van der Waals surface area contributed by atoms with Crippen molar-refractivity contribution >= 4 is 28.3 Å². The number of ether oxygens (including phenoxy) is 1. The Bertz CT molecular complexity index is 611. The molecule has 0 aliphatic carbocycles. The quantitative estimate of drug-likeness (QED) is 0.856. The number of nitrogens with zero attached hydrogens (tertiary/aromatic N) is 1. The van der Waals surface area contributed by atoms with Gasteiger partial charge in [0.1, 0.15) is 11.6 Å². The van der Waals surface area contributed by atoms with E-state index in [0.29, 0.717) is 16.7 Å². The lowest BCUT2D eigenvalue weighted by Crippen LogP contribution is -2.06. The number of benzene rings is 1. The third kappa shape index (κ3) is 2.98. The fourth-order valence-electron chi connectivity index (χ4n) is 2.17. The Morgan fingerprint density at radius 1 is 1.30 bits per heavy atom. The average molecular weight is 293 g/mol. The first-order chi connectivity index (χ1) is 9.56. The Labute approximate surface area is 125 Å². The second kappa shape index (κ2) is 6.31. The summed E-state index contributed by atoms with van der Waals surface area (Å²) in [6.07, 6.45) is 1.07. The maximum atomic E-state index is 6.19. The highest BCUT2D eigenvalue weighted by molar-refractivity contribution is 6.32. The van der Waals surface area contributed by atoms with Gasteiger partial charge >= 0.3 is 0 Å². The third-order valence-electron chi connectivity index (χ3n) is 3.28. The Kier molecular flexibility index (Phi) is 4.71. The molecule has 3 nitrogen and oxygen atoms in total. The summed E-state index contributed by atoms with van der Waals surface area (Å²) in [5.74, 6) is 2.02. The normalized spacial score (nSPS) is 11.1. The van der Waals surface area contributed by atoms with E-state index >= 15 is 0 Å². The van der Waals surface area contributed by atoms with Crippen LogP contribution in [0.3, 0.4) is 0 Å². The second-order valence-corrected chi connectivity index (χ2v) is 5.59. The second-order valence-electron chi connectivity index (χ2n) is 5.19. The van der Waals surface area contributed by atoms with Crippen LogP contribution in [0.25, 0.3) is 10.9 Å². The van der Waals surface area contributed by atoms with Crippen molar-refractivity contribution in [2.75, 3.05) is 19.0 Å². The van der Waals surface area contributed by atoms with Gasteiger partial charge in [-0.3, -0.25) is 0 Å². The molecular formula is C16H21ClN2O. The van der Waals surface area contributed by atoms with Crippen LogP contribution in [0.4, 0.5) is 5.82 Å². The summed E-state index contributed by atoms with van der Waals surface area (Å²) in [6.45, 7) is 7.41. The fraction of sp³-hybridized carbons (Fsp3) is 0.438. The maximum Gasteiger partial charge on any atom is 0.139 e. The number of rotatable bonds is 5. The molecule has 0 radical (unpaired) electrons. The summed E-state index contributed by atoms with van der Waals surface area (Å²) < 4.78 is 5.26. The van der Waals surface area contributed by atoms with Crippen molar-refractivity contribution in [3.8, 4) is 5.75 Å². The zero-order chi connectivity index (χ0) is 14.7. The van der Waals surface area contributed by atoms with Crippen LogP contribution < -0.4 is 10.1 Å². The number of hydrogen-bond donors (Lipinski definition) is 1. The Balaban J connectivity index is 2.58. The third-order valence-corrected chi connectivity index (χ3v) is 3.58. The minimum atomic E-state index is 0.409. The van der Waals surface area contributed by atoms with Crippen LogP contribution in [-0.4, -0.2) is 18.6 Å². The molecule has 0 atom stereocenters. The van der Waals surface area contributed by atoms with Crippen molar-refractivity contribution in [2.45, 2.75) is 33.1 Å². The lowest BCUT2D eigenvalue weighted by atomic mass is 10.0. The van der Waals surface area contributed by atoms with E-state index < -0.39 is 0 Å². The van der Waals surface area contributed by atoms with E-state index in [-0.39, 0.29) is 0 Å². The van der Waals surface area contributed by atoms with Crippen molar-refractivity contribution in [1.82, 2.24) is 4.98 Å². The molecule has 0 spiro atoms. The van der Waals surface area contributed by atoms with E-state index in [9.17, 15) is 0 Å². The highest BCUT2D eigenvalue weighted by Crippen LogP contribution is 2.33. The molecule has 1 aromatic carbocycles. The topological polar surface area (TPSA) is 34.2 Å². The number of anilines is 1. The molecule has 108 valence electrons. The Hall–Kier alpha value is -1.48. The summed E-state index contributed by atoms with van der Waals surface area (Å²) >= 11 is 6.19. The van der Waals surface area contributed by atoms with Gasteiger partial charge < -0.3 is 10.1 Å². The highest BCUT2D eigenvalue weighted by atomic mass is 35.5. The van der Waals surface area contributed by atoms with E-state index in [1.165, 1.54) is 5.56 Å². The van der Waals surface area contributed by atoms with Gasteiger partial charge in [0.2, 0.25) is 0 Å². The minimum Gasteiger partial charge on any atom is -0.495 e. The molecule has 0 aliphatic rings. The number of fused-ring (bicyclic) bond motifs is 1. The molecule has 4 heteroatoms. The number of aromatic nitrogens is 1. The molecule has 2 rings (SSSR count). The largest absolute Gasteiger partial charge is 0.495 e. The van der Waals surface area contributed by atoms with Gasteiger partial charge in [-0.1, -0.05) is 32.4 Å². The van der Waals surface area contributed by atoms with Crippen LogP contribution in [0.15, 0.2) is 18.2 Å². The highest BCUT2D eigenvalue weighted by Gasteiger charge is 2.12. The first-order valence-corrected chi connectivity index (χ1v) is 7.36. The van der Waals surface area contributed by atoms with Crippen LogP contribution in [0.5, 0.6) is 5.75 Å². The first kappa shape index (κ1) is 14.9. The molecule has 0 saturated heterocycles. The molecule has 2 aromatic rings. The molecule has 0 saturated carbocycles. The smallest absolute Gasteiger partial charge is 0.139 e. The van der Waals surface area contributed by atoms with Gasteiger partial charge in [-0.15, -0.1) is 0 Å². The molecule has 1 aromatic heterocycles. The van der Waals surface area contributed by atoms with Crippen molar-refractivity contribution in [3.05, 3.63) is 28.8 Å². The van der Waals surface area contributed by atoms with Crippen LogP contribution in [0.2, 0.25) is 5.02 Å². The first-order valence-electron chi connectivity index (χ1n) is 6.98. The standard InChI is InChI=1S/C16H21ClN2O/c1-5-6-18-16-12(10(2)3)7-11-8-13(17)15(20-4)9-14(11)19-16/h7-10H,5-6H2,1-4H3,(H,18,19). The fourth-order valence-corrected chi connectivity index (χ4v) is 2.42. The van der Waals surface area contributed by atoms with Crippen LogP contribution >= 0.6 is 11.6 Å². The van der Waals surface area contributed by atoms with Crippen LogP contribution in [-0.2, 0) is 0 Å². The number of nitrogens with one attached hydrogen (secondary N) is 1. The van der Waals surface area contributed by atoms with Gasteiger partial charge in [0.25, 0.3) is 0 Å². The predicted octanol–water partition coefficient (Wildman–Crippen LogP) is 4.84. The Morgan fingerprint density at radius 2 is 2.05 bits per heavy atom. The van der Waals surface area contributed by atoms with E-state index in [4.69, 9.17) is 21.3 Å². The number of halogens is 1. The molecular weight excluding hydrogens is 272 g/mol. The van der Waals surface area contributed by atoms with Gasteiger partial charge in [-0.2, -0.15) is 0 Å². The van der Waals surface area contributed by atoms with Gasteiger partial charge in [0.15, 0.2) is 0 Å². The van der Waals surface area contributed by atoms with Crippen LogP contribution in [0.1, 0.15) is 38.7 Å². The molecule has 1 N–H and O–H groups in total. The van der Waals surface area contributed by atoms with E-state index in [0.717, 1.165) is 29.7 Å². The van der Waals surface area contributed by atoms with Gasteiger partial charge in [0, 0.05) is 18.0 Å². The molecule has 0 fully saturated rings. The van der Waals surface area contributed by atoms with Crippen molar-refractivity contribution in [3.63, 3.8) is 0 Å². The summed E-state index contributed by atoms with van der Waals surface area (Å²) in [7, 11) is 1.62. The number of hydrogen-bond acceptors (Lipinski definition) is 3. The van der Waals surface area contributed by atoms with Crippen LogP contribution in [0, 0.1) is 0 Å². The van der Waals surface area contributed by atoms with Crippen molar-refractivity contribution in [2.24, 2.45) is 0 Å². The average Bonchev–Trinajstić information content (AvgIpc) is 2.43. The van der Waals surface area contributed by atoms with Gasteiger partial charge in [-0.05, 0) is 30.0 Å². The van der Waals surface area contributed by atoms with Gasteiger partial charge in [0.05, 0.1) is 17.6 Å². The minimum absolute atomic E-state index is 0.409. The van der Waals surface area contributed by atoms with E-state index in [1.807, 2.05) is 12.1 Å². The summed E-state index contributed by atoms with van der Waals surface area (Å²) in [4.78, 5) is 4.73. The lowest BCUT2D eigenvalue weighted by molar-refractivity contribution is 0.415. The number of pyridine rings is 1. The molecule has 0 amide bonds. The summed E-state index contributed by atoms with van der Waals surface area (Å²) in [5, 5.41) is 5.06. The van der Waals surface area contributed by atoms with E-state index in [1.54, 1.807) is 7.11 Å². The monoisotopic (exact) mass is 292 g/mol. The van der Waals surface area contributed by atoms with Crippen molar-refractivity contribution < 1.29 is 4.74 Å². The lowest BCUT2D eigenvalue weighted by Gasteiger charge is -2.15. The van der Waals surface area contributed by atoms with Gasteiger partial charge in [-0.25, -0.2) is 4.98 Å². The summed E-state index contributed by atoms with van der Waals surface area (Å²) in [5.41, 5.74) is 2.11. The predicted molar refractivity (Wildman–Crippen MR) is 86.2 cm³/mol. The molecule has 0 bridgehead atoms. The summed E-state index contributed by atoms with van der Waals surface area (Å²) in [6, 6.07) is 5.97. The Morgan fingerprint density at radius 3 is 2.65 bits per heavy atom. The molecule has 0 aliphatic heterocycles. The molecule has 0 unspecified atom stereocenters. The number of methoxy groups -OCH3 is 1. The zero-order valence-corrected chi connectivity index (χ0v) is 13.2. The maximum absolute atomic E-state index is 6.19. The zero-order valence-electron chi connectivity index (χ0n) is 12.5. The molecule has 20 heavy (non-hydrogen) atoms. The molecule has 1 heterocycles. The van der Waals surface area contributed by atoms with Crippen molar-refractivity contribution in [1.29, 1.82) is 0 Å².